The molecule has 146 valence electrons. The van der Waals surface area contributed by atoms with Crippen molar-refractivity contribution in [2.75, 3.05) is 18.0 Å². The van der Waals surface area contributed by atoms with Crippen molar-refractivity contribution >= 4 is 15.7 Å². The molecule has 0 fully saturated rings. The van der Waals surface area contributed by atoms with Crippen LogP contribution < -0.4 is 13.8 Å². The number of methoxy groups -OCH3 is 1. The highest BCUT2D eigenvalue weighted by atomic mass is 32.2. The highest BCUT2D eigenvalue weighted by Gasteiger charge is 2.23. The van der Waals surface area contributed by atoms with Gasteiger partial charge in [-0.15, -0.1) is 0 Å². The number of hydrogen-bond acceptors (Lipinski definition) is 4. The Bertz CT molecular complexity index is 985. The van der Waals surface area contributed by atoms with E-state index in [4.69, 9.17) is 9.47 Å². The van der Waals surface area contributed by atoms with Crippen molar-refractivity contribution in [2.45, 2.75) is 18.4 Å². The molecule has 0 heterocycles. The van der Waals surface area contributed by atoms with Crippen LogP contribution in [0.15, 0.2) is 83.8 Å². The molecule has 0 spiro atoms. The number of rotatable bonds is 8. The van der Waals surface area contributed by atoms with Gasteiger partial charge in [-0.1, -0.05) is 30.3 Å². The number of benzene rings is 3. The second kappa shape index (κ2) is 8.80. The summed E-state index contributed by atoms with van der Waals surface area (Å²) in [7, 11) is -2.12. The molecule has 0 bridgehead atoms. The number of hydrogen-bond donors (Lipinski definition) is 0. The van der Waals surface area contributed by atoms with Gasteiger partial charge in [-0.25, -0.2) is 8.42 Å². The highest BCUT2D eigenvalue weighted by molar-refractivity contribution is 7.92. The third-order valence-electron chi connectivity index (χ3n) is 4.31. The topological polar surface area (TPSA) is 55.8 Å². The lowest BCUT2D eigenvalue weighted by atomic mass is 10.2. The molecule has 0 saturated heterocycles. The molecule has 0 amide bonds. The summed E-state index contributed by atoms with van der Waals surface area (Å²) in [6.45, 7) is 2.58. The normalized spacial score (nSPS) is 11.1. The summed E-state index contributed by atoms with van der Waals surface area (Å²) < 4.78 is 38.3. The van der Waals surface area contributed by atoms with Crippen LogP contribution in [0.5, 0.6) is 11.5 Å². The first-order valence-corrected chi connectivity index (χ1v) is 10.4. The van der Waals surface area contributed by atoms with Crippen LogP contribution in [-0.4, -0.2) is 22.1 Å². The van der Waals surface area contributed by atoms with Gasteiger partial charge in [0, 0.05) is 6.54 Å². The zero-order valence-electron chi connectivity index (χ0n) is 15.9. The summed E-state index contributed by atoms with van der Waals surface area (Å²) >= 11 is 0. The lowest BCUT2D eigenvalue weighted by Crippen LogP contribution is -2.30. The van der Waals surface area contributed by atoms with Crippen LogP contribution in [0.1, 0.15) is 12.5 Å². The summed E-state index contributed by atoms with van der Waals surface area (Å²) in [5, 5.41) is 0. The molecule has 0 unspecified atom stereocenters. The SMILES string of the molecule is CCN(c1ccc(OCc2ccccc2)cc1)S(=O)(=O)c1ccc(OC)cc1. The van der Waals surface area contributed by atoms with Gasteiger partial charge in [0.15, 0.2) is 0 Å². The van der Waals surface area contributed by atoms with E-state index in [0.29, 0.717) is 30.3 Å². The monoisotopic (exact) mass is 397 g/mol. The maximum Gasteiger partial charge on any atom is 0.264 e. The Morgan fingerprint density at radius 1 is 0.821 bits per heavy atom. The Morgan fingerprint density at radius 2 is 1.43 bits per heavy atom. The first kappa shape index (κ1) is 19.8. The Kier molecular flexibility index (Phi) is 6.21. The molecule has 0 aromatic heterocycles. The summed E-state index contributed by atoms with van der Waals surface area (Å²) in [6.07, 6.45) is 0. The van der Waals surface area contributed by atoms with Gasteiger partial charge in [-0.2, -0.15) is 0 Å². The minimum Gasteiger partial charge on any atom is -0.497 e. The molecule has 0 aliphatic heterocycles. The summed E-state index contributed by atoms with van der Waals surface area (Å²) in [4.78, 5) is 0.222. The lowest BCUT2D eigenvalue weighted by molar-refractivity contribution is 0.306. The number of anilines is 1. The standard InChI is InChI=1S/C22H23NO4S/c1-3-23(28(24,25)22-15-13-20(26-2)14-16-22)19-9-11-21(12-10-19)27-17-18-7-5-4-6-8-18/h4-16H,3,17H2,1-2H3. The second-order valence-corrected chi connectivity index (χ2v) is 7.98. The van der Waals surface area contributed by atoms with Crippen LogP contribution >= 0.6 is 0 Å². The van der Waals surface area contributed by atoms with Crippen molar-refractivity contribution in [2.24, 2.45) is 0 Å². The van der Waals surface area contributed by atoms with Crippen LogP contribution in [0.3, 0.4) is 0 Å². The van der Waals surface area contributed by atoms with Gasteiger partial charge < -0.3 is 9.47 Å². The first-order chi connectivity index (χ1) is 13.5. The van der Waals surface area contributed by atoms with Gasteiger partial charge in [0.05, 0.1) is 17.7 Å². The molecule has 5 nitrogen and oxygen atoms in total. The molecule has 6 heteroatoms. The van der Waals surface area contributed by atoms with Crippen LogP contribution in [0, 0.1) is 0 Å². The van der Waals surface area contributed by atoms with Gasteiger partial charge in [-0.3, -0.25) is 4.31 Å². The summed E-state index contributed by atoms with van der Waals surface area (Å²) in [5.41, 5.74) is 1.66. The Labute approximate surface area is 166 Å². The molecule has 28 heavy (non-hydrogen) atoms. The zero-order valence-corrected chi connectivity index (χ0v) is 16.7. The minimum absolute atomic E-state index is 0.222. The van der Waals surface area contributed by atoms with Gasteiger partial charge in [0.2, 0.25) is 0 Å². The Balaban J connectivity index is 1.76. The molecular formula is C22H23NO4S. The van der Waals surface area contributed by atoms with Crippen molar-refractivity contribution in [3.63, 3.8) is 0 Å². The van der Waals surface area contributed by atoms with E-state index in [1.54, 1.807) is 62.6 Å². The summed E-state index contributed by atoms with van der Waals surface area (Å²) in [6, 6.07) is 23.3. The van der Waals surface area contributed by atoms with Crippen LogP contribution in [0.25, 0.3) is 0 Å². The van der Waals surface area contributed by atoms with Gasteiger partial charge in [-0.05, 0) is 61.0 Å². The van der Waals surface area contributed by atoms with E-state index >= 15 is 0 Å². The van der Waals surface area contributed by atoms with Crippen molar-refractivity contribution in [3.8, 4) is 11.5 Å². The molecular weight excluding hydrogens is 374 g/mol. The smallest absolute Gasteiger partial charge is 0.264 e. The van der Waals surface area contributed by atoms with Crippen molar-refractivity contribution < 1.29 is 17.9 Å². The third kappa shape index (κ3) is 4.46. The Morgan fingerprint density at radius 3 is 2.00 bits per heavy atom. The van der Waals surface area contributed by atoms with Gasteiger partial charge in [0.1, 0.15) is 18.1 Å². The molecule has 3 aromatic rings. The minimum atomic E-state index is -3.66. The molecule has 0 radical (unpaired) electrons. The molecule has 0 atom stereocenters. The molecule has 0 saturated carbocycles. The third-order valence-corrected chi connectivity index (χ3v) is 6.22. The molecule has 0 N–H and O–H groups in total. The zero-order chi connectivity index (χ0) is 20.0. The van der Waals surface area contributed by atoms with Gasteiger partial charge >= 0.3 is 0 Å². The van der Waals surface area contributed by atoms with E-state index in [0.717, 1.165) is 5.56 Å². The van der Waals surface area contributed by atoms with Crippen molar-refractivity contribution in [1.29, 1.82) is 0 Å². The number of nitrogens with zero attached hydrogens (tertiary/aromatic N) is 1. The maximum absolute atomic E-state index is 13.0. The van der Waals surface area contributed by atoms with E-state index < -0.39 is 10.0 Å². The quantitative estimate of drug-likeness (QED) is 0.562. The maximum atomic E-state index is 13.0. The van der Waals surface area contributed by atoms with E-state index in [-0.39, 0.29) is 4.90 Å². The average Bonchev–Trinajstić information content (AvgIpc) is 2.74. The molecule has 0 aliphatic rings. The fourth-order valence-electron chi connectivity index (χ4n) is 2.82. The highest BCUT2D eigenvalue weighted by Crippen LogP contribution is 2.27. The molecule has 0 aliphatic carbocycles. The van der Waals surface area contributed by atoms with E-state index in [9.17, 15) is 8.42 Å². The van der Waals surface area contributed by atoms with Crippen molar-refractivity contribution in [1.82, 2.24) is 0 Å². The van der Waals surface area contributed by atoms with Gasteiger partial charge in [0.25, 0.3) is 10.0 Å². The predicted molar refractivity (Wildman–Crippen MR) is 110 cm³/mol. The van der Waals surface area contributed by atoms with Crippen LogP contribution in [0.2, 0.25) is 0 Å². The summed E-state index contributed by atoms with van der Waals surface area (Å²) in [5.74, 6) is 1.30. The molecule has 3 rings (SSSR count). The average molecular weight is 397 g/mol. The van der Waals surface area contributed by atoms with E-state index in [2.05, 4.69) is 0 Å². The van der Waals surface area contributed by atoms with E-state index in [1.165, 1.54) is 4.31 Å². The van der Waals surface area contributed by atoms with E-state index in [1.807, 2.05) is 30.3 Å². The lowest BCUT2D eigenvalue weighted by Gasteiger charge is -2.23. The van der Waals surface area contributed by atoms with Crippen molar-refractivity contribution in [3.05, 3.63) is 84.4 Å². The largest absolute Gasteiger partial charge is 0.497 e. The predicted octanol–water partition coefficient (Wildman–Crippen LogP) is 4.49. The van der Waals surface area contributed by atoms with Crippen LogP contribution in [-0.2, 0) is 16.6 Å². The molecule has 3 aromatic carbocycles. The number of sulfonamides is 1. The Hall–Kier alpha value is -2.99. The number of ether oxygens (including phenoxy) is 2. The first-order valence-electron chi connectivity index (χ1n) is 8.98. The van der Waals surface area contributed by atoms with Crippen LogP contribution in [0.4, 0.5) is 5.69 Å². The fraction of sp³-hybridized carbons (Fsp3) is 0.182. The fourth-order valence-corrected chi connectivity index (χ4v) is 4.29. The second-order valence-electron chi connectivity index (χ2n) is 6.11.